The van der Waals surface area contributed by atoms with Gasteiger partial charge in [-0.25, -0.2) is 4.79 Å². The van der Waals surface area contributed by atoms with E-state index < -0.39 is 0 Å². The van der Waals surface area contributed by atoms with Crippen molar-refractivity contribution in [3.8, 4) is 0 Å². The molecule has 0 aliphatic carbocycles. The van der Waals surface area contributed by atoms with Crippen LogP contribution >= 0.6 is 0 Å². The molecular formula is C9H18N2O2. The number of hydrogen-bond acceptors (Lipinski definition) is 2. The summed E-state index contributed by atoms with van der Waals surface area (Å²) in [5.74, 6) is 0. The summed E-state index contributed by atoms with van der Waals surface area (Å²) in [6, 6.07) is 0.124. The summed E-state index contributed by atoms with van der Waals surface area (Å²) in [5.41, 5.74) is -0.133. The molecule has 0 radical (unpaired) electrons. The minimum Gasteiger partial charge on any atom is -0.374 e. The van der Waals surface area contributed by atoms with Gasteiger partial charge in [0.15, 0.2) is 0 Å². The smallest absolute Gasteiger partial charge is 0.317 e. The van der Waals surface area contributed by atoms with Gasteiger partial charge >= 0.3 is 6.03 Å². The number of nitrogens with zero attached hydrogens (tertiary/aromatic N) is 1. The van der Waals surface area contributed by atoms with Crippen LogP contribution in [0.15, 0.2) is 0 Å². The van der Waals surface area contributed by atoms with Crippen molar-refractivity contribution < 1.29 is 9.53 Å². The molecule has 0 saturated carbocycles. The topological polar surface area (TPSA) is 41.6 Å². The Hall–Kier alpha value is -0.770. The molecule has 1 N–H and O–H groups in total. The minimum atomic E-state index is -0.133. The van der Waals surface area contributed by atoms with Gasteiger partial charge in [0.1, 0.15) is 0 Å². The third-order valence-corrected chi connectivity index (χ3v) is 1.89. The van der Waals surface area contributed by atoms with Gasteiger partial charge in [0.05, 0.1) is 18.2 Å². The number of likely N-dealkylation sites (N-methyl/N-ethyl adjacent to an activating group) is 1. The highest BCUT2D eigenvalue weighted by Gasteiger charge is 2.26. The third-order valence-electron chi connectivity index (χ3n) is 1.89. The summed E-state index contributed by atoms with van der Waals surface area (Å²) < 4.78 is 5.57. The van der Waals surface area contributed by atoms with E-state index in [-0.39, 0.29) is 17.7 Å². The van der Waals surface area contributed by atoms with Crippen molar-refractivity contribution in [3.63, 3.8) is 0 Å². The lowest BCUT2D eigenvalue weighted by atomic mass is 10.2. The molecule has 1 heterocycles. The van der Waals surface area contributed by atoms with Crippen LogP contribution in [0.4, 0.5) is 4.79 Å². The predicted molar refractivity (Wildman–Crippen MR) is 50.7 cm³/mol. The first kappa shape index (κ1) is 10.3. The van der Waals surface area contributed by atoms with E-state index in [4.69, 9.17) is 4.74 Å². The zero-order chi connectivity index (χ0) is 10.1. The Balaban J connectivity index is 2.29. The molecule has 4 nitrogen and oxygen atoms in total. The van der Waals surface area contributed by atoms with E-state index in [2.05, 4.69) is 5.32 Å². The Bertz CT molecular complexity index is 198. The van der Waals surface area contributed by atoms with E-state index in [1.54, 1.807) is 11.9 Å². The van der Waals surface area contributed by atoms with Crippen molar-refractivity contribution in [2.24, 2.45) is 0 Å². The molecule has 0 spiro atoms. The monoisotopic (exact) mass is 186 g/mol. The Labute approximate surface area is 79.2 Å². The van der Waals surface area contributed by atoms with Crippen LogP contribution in [0, 0.1) is 0 Å². The van der Waals surface area contributed by atoms with Gasteiger partial charge in [0.25, 0.3) is 0 Å². The average molecular weight is 186 g/mol. The van der Waals surface area contributed by atoms with Crippen LogP contribution in [0.3, 0.4) is 0 Å². The standard InChI is InChI=1S/C9H18N2O2/c1-9(2,3)13-6-7-5-11(4)8(12)10-7/h7H,5-6H2,1-4H3,(H,10,12). The minimum absolute atomic E-state index is 0.0116. The fourth-order valence-corrected chi connectivity index (χ4v) is 1.19. The summed E-state index contributed by atoms with van der Waals surface area (Å²) >= 11 is 0. The van der Waals surface area contributed by atoms with Crippen LogP contribution in [-0.2, 0) is 4.74 Å². The highest BCUT2D eigenvalue weighted by molar-refractivity contribution is 5.76. The molecule has 2 amide bonds. The van der Waals surface area contributed by atoms with Gasteiger partial charge in [-0.3, -0.25) is 0 Å². The molecular weight excluding hydrogens is 168 g/mol. The maximum absolute atomic E-state index is 11.1. The predicted octanol–water partition coefficient (Wildman–Crippen LogP) is 0.825. The number of carbonyl (C=O) groups excluding carboxylic acids is 1. The molecule has 76 valence electrons. The molecule has 0 aromatic carbocycles. The lowest BCUT2D eigenvalue weighted by Crippen LogP contribution is -2.34. The normalized spacial score (nSPS) is 23.5. The van der Waals surface area contributed by atoms with Gasteiger partial charge in [0.2, 0.25) is 0 Å². The number of amides is 2. The summed E-state index contributed by atoms with van der Waals surface area (Å²) in [5, 5.41) is 2.84. The maximum Gasteiger partial charge on any atom is 0.317 e. The van der Waals surface area contributed by atoms with E-state index >= 15 is 0 Å². The number of carbonyl (C=O) groups is 1. The van der Waals surface area contributed by atoms with Crippen LogP contribution < -0.4 is 5.32 Å². The van der Waals surface area contributed by atoms with E-state index in [1.807, 2.05) is 20.8 Å². The molecule has 1 rings (SSSR count). The van der Waals surface area contributed by atoms with Crippen molar-refractivity contribution in [1.82, 2.24) is 10.2 Å². The van der Waals surface area contributed by atoms with Crippen molar-refractivity contribution >= 4 is 6.03 Å². The second kappa shape index (κ2) is 3.54. The summed E-state index contributed by atoms with van der Waals surface area (Å²) in [7, 11) is 1.78. The average Bonchev–Trinajstić information content (AvgIpc) is 2.27. The SMILES string of the molecule is CN1CC(COC(C)(C)C)NC1=O. The van der Waals surface area contributed by atoms with Gasteiger partial charge in [0, 0.05) is 13.6 Å². The Morgan fingerprint density at radius 3 is 2.62 bits per heavy atom. The molecule has 13 heavy (non-hydrogen) atoms. The van der Waals surface area contributed by atoms with E-state index in [0.717, 1.165) is 6.54 Å². The highest BCUT2D eigenvalue weighted by atomic mass is 16.5. The Morgan fingerprint density at radius 1 is 1.62 bits per heavy atom. The van der Waals surface area contributed by atoms with Gasteiger partial charge in [-0.05, 0) is 20.8 Å². The number of ether oxygens (including phenoxy) is 1. The maximum atomic E-state index is 11.1. The molecule has 1 aliphatic rings. The fraction of sp³-hybridized carbons (Fsp3) is 0.889. The van der Waals surface area contributed by atoms with Gasteiger partial charge in [-0.15, -0.1) is 0 Å². The van der Waals surface area contributed by atoms with Gasteiger partial charge in [-0.1, -0.05) is 0 Å². The first-order chi connectivity index (χ1) is 5.88. The van der Waals surface area contributed by atoms with E-state index in [0.29, 0.717) is 6.61 Å². The first-order valence-corrected chi connectivity index (χ1v) is 4.54. The Morgan fingerprint density at radius 2 is 2.23 bits per heavy atom. The van der Waals surface area contributed by atoms with Gasteiger partial charge in [-0.2, -0.15) is 0 Å². The lowest BCUT2D eigenvalue weighted by molar-refractivity contribution is -0.0112. The van der Waals surface area contributed by atoms with Crippen molar-refractivity contribution in [3.05, 3.63) is 0 Å². The van der Waals surface area contributed by atoms with Crippen molar-refractivity contribution in [2.45, 2.75) is 32.4 Å². The largest absolute Gasteiger partial charge is 0.374 e. The van der Waals surface area contributed by atoms with Gasteiger partial charge < -0.3 is 15.0 Å². The molecule has 1 saturated heterocycles. The third kappa shape index (κ3) is 3.22. The van der Waals surface area contributed by atoms with Crippen LogP contribution in [-0.4, -0.2) is 42.8 Å². The number of hydrogen-bond donors (Lipinski definition) is 1. The molecule has 1 unspecified atom stereocenters. The van der Waals surface area contributed by atoms with Crippen molar-refractivity contribution in [2.75, 3.05) is 20.2 Å². The Kier molecular flexibility index (Phi) is 2.81. The second-order valence-corrected chi connectivity index (χ2v) is 4.45. The summed E-state index contributed by atoms with van der Waals surface area (Å²) in [6.07, 6.45) is 0. The van der Waals surface area contributed by atoms with Crippen LogP contribution in [0.2, 0.25) is 0 Å². The molecule has 1 atom stereocenters. The second-order valence-electron chi connectivity index (χ2n) is 4.45. The van der Waals surface area contributed by atoms with Crippen molar-refractivity contribution in [1.29, 1.82) is 0 Å². The summed E-state index contributed by atoms with van der Waals surface area (Å²) in [4.78, 5) is 12.7. The zero-order valence-electron chi connectivity index (χ0n) is 8.76. The molecule has 1 aliphatic heterocycles. The number of nitrogens with one attached hydrogen (secondary N) is 1. The molecule has 0 aromatic heterocycles. The first-order valence-electron chi connectivity index (χ1n) is 4.54. The lowest BCUT2D eigenvalue weighted by Gasteiger charge is -2.21. The fourth-order valence-electron chi connectivity index (χ4n) is 1.19. The number of urea groups is 1. The van der Waals surface area contributed by atoms with E-state index in [1.165, 1.54) is 0 Å². The molecule has 4 heteroatoms. The quantitative estimate of drug-likeness (QED) is 0.694. The summed E-state index contributed by atoms with van der Waals surface area (Å²) in [6.45, 7) is 7.34. The molecule has 1 fully saturated rings. The zero-order valence-corrected chi connectivity index (χ0v) is 8.76. The highest BCUT2D eigenvalue weighted by Crippen LogP contribution is 2.09. The van der Waals surface area contributed by atoms with Crippen LogP contribution in [0.1, 0.15) is 20.8 Å². The van der Waals surface area contributed by atoms with Crippen LogP contribution in [0.5, 0.6) is 0 Å². The molecule has 0 aromatic rings. The van der Waals surface area contributed by atoms with E-state index in [9.17, 15) is 4.79 Å². The number of rotatable bonds is 2. The molecule has 0 bridgehead atoms. The van der Waals surface area contributed by atoms with Crippen LogP contribution in [0.25, 0.3) is 0 Å².